The molecule has 16 heteroatoms. The molecule has 2 rings (SSSR count). The number of halogens is 3. The van der Waals surface area contributed by atoms with Crippen LogP contribution in [0.4, 0.5) is 19.0 Å². The van der Waals surface area contributed by atoms with Crippen LogP contribution in [0, 0.1) is 0 Å². The molecule has 2 heterocycles. The molecule has 0 unspecified atom stereocenters. The first-order chi connectivity index (χ1) is 16.6. The number of aliphatic hydroxyl groups is 2. The van der Waals surface area contributed by atoms with E-state index in [4.69, 9.17) is 24.1 Å². The van der Waals surface area contributed by atoms with Crippen LogP contribution in [0.15, 0.2) is 12.4 Å². The van der Waals surface area contributed by atoms with Crippen molar-refractivity contribution in [3.8, 4) is 0 Å². The zero-order valence-corrected chi connectivity index (χ0v) is 18.4. The fourth-order valence-corrected chi connectivity index (χ4v) is 2.88. The van der Waals surface area contributed by atoms with Crippen molar-refractivity contribution in [2.45, 2.75) is 30.5 Å². The number of nitrogens with one attached hydrogen (secondary N) is 2. The number of ether oxygens (including phenoxy) is 4. The number of aliphatic carboxylic acids is 1. The van der Waals surface area contributed by atoms with Crippen molar-refractivity contribution >= 4 is 17.7 Å². The quantitative estimate of drug-likeness (QED) is 0.185. The van der Waals surface area contributed by atoms with Crippen LogP contribution >= 0.6 is 0 Å². The summed E-state index contributed by atoms with van der Waals surface area (Å²) in [4.78, 5) is 29.0. The summed E-state index contributed by atoms with van der Waals surface area (Å²) in [5.41, 5.74) is -1.21. The van der Waals surface area contributed by atoms with E-state index in [0.717, 1.165) is 6.20 Å². The van der Waals surface area contributed by atoms with Gasteiger partial charge in [0.1, 0.15) is 37.3 Å². The van der Waals surface area contributed by atoms with E-state index in [1.165, 1.54) is 0 Å². The second-order valence-electron chi connectivity index (χ2n) is 7.31. The van der Waals surface area contributed by atoms with Gasteiger partial charge in [-0.15, -0.1) is 0 Å². The summed E-state index contributed by atoms with van der Waals surface area (Å²) in [5, 5.41) is 34.0. The van der Waals surface area contributed by atoms with E-state index in [-0.39, 0.29) is 52.0 Å². The van der Waals surface area contributed by atoms with Crippen LogP contribution in [0.1, 0.15) is 5.69 Å². The number of nitrogens with zero attached hydrogens (tertiary/aromatic N) is 2. The predicted molar refractivity (Wildman–Crippen MR) is 109 cm³/mol. The Kier molecular flexibility index (Phi) is 11.5. The first kappa shape index (κ1) is 28.6. The lowest BCUT2D eigenvalue weighted by molar-refractivity contribution is -0.144. The Balaban J connectivity index is 1.63. The molecular weight excluding hydrogens is 485 g/mol. The Morgan fingerprint density at radius 3 is 2.37 bits per heavy atom. The van der Waals surface area contributed by atoms with E-state index in [2.05, 4.69) is 20.6 Å². The summed E-state index contributed by atoms with van der Waals surface area (Å²) in [5.74, 6) is -1.85. The minimum absolute atomic E-state index is 0.0966. The second-order valence-corrected chi connectivity index (χ2v) is 7.31. The molecule has 1 amide bonds. The van der Waals surface area contributed by atoms with Gasteiger partial charge in [0.25, 0.3) is 0 Å². The predicted octanol–water partition coefficient (Wildman–Crippen LogP) is -1.35. The maximum Gasteiger partial charge on any atom is 0.434 e. The average Bonchev–Trinajstić information content (AvgIpc) is 2.80. The maximum absolute atomic E-state index is 12.8. The van der Waals surface area contributed by atoms with Crippen molar-refractivity contribution in [1.82, 2.24) is 15.3 Å². The Bertz CT molecular complexity index is 818. The molecular formula is C19H27F3N4O9. The summed E-state index contributed by atoms with van der Waals surface area (Å²) >= 11 is 0. The second kappa shape index (κ2) is 14.1. The number of carboxylic acid groups (broad SMARTS) is 1. The molecule has 0 bridgehead atoms. The van der Waals surface area contributed by atoms with Crippen LogP contribution < -0.4 is 10.6 Å². The lowest BCUT2D eigenvalue weighted by atomic mass is 9.98. The zero-order valence-electron chi connectivity index (χ0n) is 18.4. The number of hydrogen-bond acceptors (Lipinski definition) is 11. The van der Waals surface area contributed by atoms with Crippen molar-refractivity contribution in [3.05, 3.63) is 18.1 Å². The first-order valence-electron chi connectivity index (χ1n) is 10.4. The van der Waals surface area contributed by atoms with Gasteiger partial charge < -0.3 is 44.9 Å². The number of carboxylic acids is 1. The minimum atomic E-state index is -4.69. The summed E-state index contributed by atoms with van der Waals surface area (Å²) in [6.07, 6.45) is -6.92. The van der Waals surface area contributed by atoms with Crippen molar-refractivity contribution in [2.24, 2.45) is 0 Å². The highest BCUT2D eigenvalue weighted by Gasteiger charge is 2.39. The monoisotopic (exact) mass is 512 g/mol. The highest BCUT2D eigenvalue weighted by Crippen LogP contribution is 2.28. The van der Waals surface area contributed by atoms with Crippen molar-refractivity contribution in [2.75, 3.05) is 58.1 Å². The topological polar surface area (TPSA) is 182 Å². The lowest BCUT2D eigenvalue weighted by Gasteiger charge is -2.38. The molecule has 5 N–H and O–H groups in total. The normalized spacial score (nSPS) is 22.5. The van der Waals surface area contributed by atoms with Gasteiger partial charge in [-0.1, -0.05) is 0 Å². The van der Waals surface area contributed by atoms with Gasteiger partial charge in [0, 0.05) is 6.54 Å². The Labute approximate surface area is 197 Å². The van der Waals surface area contributed by atoms with Gasteiger partial charge in [0.05, 0.1) is 51.5 Å². The van der Waals surface area contributed by atoms with Gasteiger partial charge in [-0.25, -0.2) is 9.78 Å². The molecule has 0 saturated carbocycles. The van der Waals surface area contributed by atoms with Gasteiger partial charge in [-0.3, -0.25) is 9.78 Å². The smallest absolute Gasteiger partial charge is 0.434 e. The minimum Gasteiger partial charge on any atom is -0.480 e. The Morgan fingerprint density at radius 1 is 1.06 bits per heavy atom. The number of carbonyl (C=O) groups is 2. The lowest BCUT2D eigenvalue weighted by Crippen LogP contribution is -2.58. The summed E-state index contributed by atoms with van der Waals surface area (Å²) in [6.45, 7) is -0.524. The number of anilines is 1. The number of aromatic nitrogens is 2. The molecule has 0 radical (unpaired) electrons. The SMILES string of the molecule is O=C(O)COCCOCCOCC(=O)NC[C@H]1OC[C@H](Nc2cncc(C(F)(F)F)n2)[C@@H](O)[C@H]1O. The summed E-state index contributed by atoms with van der Waals surface area (Å²) in [6, 6.07) is -0.965. The molecule has 13 nitrogen and oxygen atoms in total. The van der Waals surface area contributed by atoms with Gasteiger partial charge in [0.2, 0.25) is 5.91 Å². The van der Waals surface area contributed by atoms with Crippen LogP contribution in [0.25, 0.3) is 0 Å². The van der Waals surface area contributed by atoms with Crippen molar-refractivity contribution in [3.63, 3.8) is 0 Å². The number of amides is 1. The molecule has 198 valence electrons. The maximum atomic E-state index is 12.8. The highest BCUT2D eigenvalue weighted by molar-refractivity contribution is 5.77. The van der Waals surface area contributed by atoms with Crippen LogP contribution in [-0.2, 0) is 34.7 Å². The van der Waals surface area contributed by atoms with Crippen LogP contribution in [0.3, 0.4) is 0 Å². The molecule has 1 aliphatic heterocycles. The molecule has 1 aromatic heterocycles. The third-order valence-corrected chi connectivity index (χ3v) is 4.59. The van der Waals surface area contributed by atoms with E-state index in [9.17, 15) is 33.0 Å². The summed E-state index contributed by atoms with van der Waals surface area (Å²) in [7, 11) is 0. The number of carbonyl (C=O) groups excluding carboxylic acids is 1. The van der Waals surface area contributed by atoms with Crippen LogP contribution in [0.5, 0.6) is 0 Å². The largest absolute Gasteiger partial charge is 0.480 e. The number of rotatable bonds is 14. The first-order valence-corrected chi connectivity index (χ1v) is 10.4. The van der Waals surface area contributed by atoms with E-state index in [1.54, 1.807) is 0 Å². The van der Waals surface area contributed by atoms with E-state index in [0.29, 0.717) is 6.20 Å². The molecule has 1 fully saturated rings. The Morgan fingerprint density at radius 2 is 1.71 bits per heavy atom. The third kappa shape index (κ3) is 10.3. The molecule has 4 atom stereocenters. The fraction of sp³-hybridized carbons (Fsp3) is 0.684. The molecule has 1 saturated heterocycles. The van der Waals surface area contributed by atoms with E-state index >= 15 is 0 Å². The molecule has 0 aliphatic carbocycles. The van der Waals surface area contributed by atoms with E-state index in [1.807, 2.05) is 0 Å². The third-order valence-electron chi connectivity index (χ3n) is 4.59. The highest BCUT2D eigenvalue weighted by atomic mass is 19.4. The molecule has 35 heavy (non-hydrogen) atoms. The van der Waals surface area contributed by atoms with Gasteiger partial charge in [-0.05, 0) is 0 Å². The van der Waals surface area contributed by atoms with Gasteiger partial charge in [0.15, 0.2) is 5.69 Å². The molecule has 0 aromatic carbocycles. The van der Waals surface area contributed by atoms with E-state index < -0.39 is 54.7 Å². The van der Waals surface area contributed by atoms with Crippen LogP contribution in [0.2, 0.25) is 0 Å². The van der Waals surface area contributed by atoms with Crippen molar-refractivity contribution in [1.29, 1.82) is 0 Å². The average molecular weight is 512 g/mol. The molecule has 0 spiro atoms. The number of alkyl halides is 3. The molecule has 1 aliphatic rings. The zero-order chi connectivity index (χ0) is 25.8. The van der Waals surface area contributed by atoms with Gasteiger partial charge in [-0.2, -0.15) is 13.2 Å². The number of aliphatic hydroxyl groups excluding tert-OH is 2. The number of hydrogen-bond donors (Lipinski definition) is 5. The summed E-state index contributed by atoms with van der Waals surface area (Å²) < 4.78 is 58.7. The Hall–Kier alpha value is -2.63. The fourth-order valence-electron chi connectivity index (χ4n) is 2.88. The molecule has 1 aromatic rings. The van der Waals surface area contributed by atoms with Crippen LogP contribution in [-0.4, -0.2) is 114 Å². The standard InChI is InChI=1S/C19H27F3N4O9/c20-19(21,22)13-6-23-7-14(26-13)25-11-8-35-12(18(31)17(11)30)5-24-15(27)9-33-3-1-32-2-4-34-10-16(28)29/h6-7,11-12,17-18,30-31H,1-5,8-10H2,(H,24,27)(H,25,26)(H,28,29)/t11-,12+,17+,18-/m0/s1. The van der Waals surface area contributed by atoms with Crippen molar-refractivity contribution < 1.29 is 57.0 Å². The van der Waals surface area contributed by atoms with Gasteiger partial charge >= 0.3 is 12.1 Å².